The molecular formula is C21H22N2O2. The van der Waals surface area contributed by atoms with Gasteiger partial charge in [-0.1, -0.05) is 36.4 Å². The molecule has 2 heterocycles. The van der Waals surface area contributed by atoms with Crippen LogP contribution in [0.1, 0.15) is 17.0 Å². The summed E-state index contributed by atoms with van der Waals surface area (Å²) in [5, 5.41) is 0.988. The first-order chi connectivity index (χ1) is 12.3. The molecule has 2 aromatic carbocycles. The smallest absolute Gasteiger partial charge is 0.199 e. The Morgan fingerprint density at radius 3 is 2.40 bits per heavy atom. The van der Waals surface area contributed by atoms with Gasteiger partial charge in [-0.2, -0.15) is 0 Å². The molecule has 25 heavy (non-hydrogen) atoms. The average molecular weight is 334 g/mol. The zero-order valence-electron chi connectivity index (χ0n) is 14.2. The van der Waals surface area contributed by atoms with Crippen molar-refractivity contribution in [2.24, 2.45) is 0 Å². The summed E-state index contributed by atoms with van der Waals surface area (Å²) in [5.41, 5.74) is 2.06. The Bertz CT molecular complexity index is 815. The number of Topliss-reactive ketones (excluding diaryl/α,β-unsaturated/α-hetero) is 1. The van der Waals surface area contributed by atoms with Gasteiger partial charge in [0.25, 0.3) is 0 Å². The van der Waals surface area contributed by atoms with E-state index in [1.165, 1.54) is 5.69 Å². The molecule has 1 aliphatic heterocycles. The topological polar surface area (TPSA) is 36.7 Å². The van der Waals surface area contributed by atoms with E-state index in [-0.39, 0.29) is 5.78 Å². The van der Waals surface area contributed by atoms with E-state index in [9.17, 15) is 4.79 Å². The van der Waals surface area contributed by atoms with Crippen molar-refractivity contribution in [2.45, 2.75) is 6.42 Å². The highest BCUT2D eigenvalue weighted by molar-refractivity contribution is 5.97. The first-order valence-corrected chi connectivity index (χ1v) is 8.84. The molecule has 0 N–H and O–H groups in total. The largest absolute Gasteiger partial charge is 0.453 e. The number of ketones is 1. The Hall–Kier alpha value is -2.59. The summed E-state index contributed by atoms with van der Waals surface area (Å²) in [5.74, 6) is 0.561. The van der Waals surface area contributed by atoms with Gasteiger partial charge in [0, 0.05) is 50.2 Å². The molecule has 0 aliphatic carbocycles. The first-order valence-electron chi connectivity index (χ1n) is 8.84. The van der Waals surface area contributed by atoms with Gasteiger partial charge in [0.05, 0.1) is 0 Å². The van der Waals surface area contributed by atoms with Crippen LogP contribution in [0.4, 0.5) is 5.69 Å². The fourth-order valence-corrected chi connectivity index (χ4v) is 3.37. The molecule has 3 aromatic rings. The zero-order valence-corrected chi connectivity index (χ0v) is 14.2. The van der Waals surface area contributed by atoms with Crippen LogP contribution < -0.4 is 4.90 Å². The maximum absolute atomic E-state index is 12.4. The van der Waals surface area contributed by atoms with E-state index in [0.29, 0.717) is 12.2 Å². The normalized spacial score (nSPS) is 15.6. The lowest BCUT2D eigenvalue weighted by atomic mass is 10.2. The van der Waals surface area contributed by atoms with Crippen LogP contribution in [0.2, 0.25) is 0 Å². The molecular weight excluding hydrogens is 312 g/mol. The van der Waals surface area contributed by atoms with Gasteiger partial charge in [-0.3, -0.25) is 9.69 Å². The predicted molar refractivity (Wildman–Crippen MR) is 100 cm³/mol. The van der Waals surface area contributed by atoms with E-state index in [1.54, 1.807) is 0 Å². The number of anilines is 1. The van der Waals surface area contributed by atoms with Crippen LogP contribution in [-0.2, 0) is 0 Å². The predicted octanol–water partition coefficient (Wildman–Crippen LogP) is 3.83. The monoisotopic (exact) mass is 334 g/mol. The number of furan rings is 1. The molecule has 4 nitrogen and oxygen atoms in total. The standard InChI is InChI=1S/C21H22N2O2/c24-19(21-16-17-6-4-5-9-20(17)25-21)10-11-22-12-14-23(15-13-22)18-7-2-1-3-8-18/h1-9,16H,10-15H2. The molecule has 0 radical (unpaired) electrons. The fourth-order valence-electron chi connectivity index (χ4n) is 3.37. The summed E-state index contributed by atoms with van der Waals surface area (Å²) >= 11 is 0. The van der Waals surface area contributed by atoms with Gasteiger partial charge < -0.3 is 9.32 Å². The molecule has 1 fully saturated rings. The van der Waals surface area contributed by atoms with Crippen LogP contribution >= 0.6 is 0 Å². The highest BCUT2D eigenvalue weighted by Gasteiger charge is 2.19. The summed E-state index contributed by atoms with van der Waals surface area (Å²) in [6.45, 7) is 4.77. The van der Waals surface area contributed by atoms with Gasteiger partial charge in [-0.15, -0.1) is 0 Å². The van der Waals surface area contributed by atoms with Crippen LogP contribution in [0.5, 0.6) is 0 Å². The van der Waals surface area contributed by atoms with Gasteiger partial charge in [0.2, 0.25) is 0 Å². The highest BCUT2D eigenvalue weighted by atomic mass is 16.3. The number of rotatable bonds is 5. The van der Waals surface area contributed by atoms with Crippen LogP contribution in [0.25, 0.3) is 11.0 Å². The van der Waals surface area contributed by atoms with Crippen LogP contribution in [-0.4, -0.2) is 43.4 Å². The lowest BCUT2D eigenvalue weighted by Gasteiger charge is -2.36. The lowest BCUT2D eigenvalue weighted by Crippen LogP contribution is -2.46. The third-order valence-electron chi connectivity index (χ3n) is 4.85. The maximum atomic E-state index is 12.4. The van der Waals surface area contributed by atoms with Crippen molar-refractivity contribution in [2.75, 3.05) is 37.6 Å². The molecule has 128 valence electrons. The Labute approximate surface area is 147 Å². The number of carbonyl (C=O) groups excluding carboxylic acids is 1. The third-order valence-corrected chi connectivity index (χ3v) is 4.85. The van der Waals surface area contributed by atoms with Crippen molar-refractivity contribution in [3.8, 4) is 0 Å². The molecule has 0 amide bonds. The SMILES string of the molecule is O=C(CCN1CCN(c2ccccc2)CC1)c1cc2ccccc2o1. The number of nitrogens with zero attached hydrogens (tertiary/aromatic N) is 2. The van der Waals surface area contributed by atoms with Crippen molar-refractivity contribution >= 4 is 22.4 Å². The molecule has 1 aliphatic rings. The average Bonchev–Trinajstić information content (AvgIpc) is 3.11. The van der Waals surface area contributed by atoms with Gasteiger partial charge >= 0.3 is 0 Å². The van der Waals surface area contributed by atoms with Gasteiger partial charge in [0.15, 0.2) is 11.5 Å². The van der Waals surface area contributed by atoms with E-state index < -0.39 is 0 Å². The van der Waals surface area contributed by atoms with E-state index in [2.05, 4.69) is 34.1 Å². The Balaban J connectivity index is 1.29. The number of benzene rings is 2. The second kappa shape index (κ2) is 7.11. The number of hydrogen-bond donors (Lipinski definition) is 0. The minimum atomic E-state index is 0.0849. The Morgan fingerprint density at radius 2 is 1.64 bits per heavy atom. The molecule has 4 heteroatoms. The zero-order chi connectivity index (χ0) is 17.1. The molecule has 4 rings (SSSR count). The van der Waals surface area contributed by atoms with Crippen molar-refractivity contribution < 1.29 is 9.21 Å². The maximum Gasteiger partial charge on any atom is 0.199 e. The number of fused-ring (bicyclic) bond motifs is 1. The number of piperazine rings is 1. The van der Waals surface area contributed by atoms with Crippen LogP contribution in [0.15, 0.2) is 65.1 Å². The summed E-state index contributed by atoms with van der Waals surface area (Å²) in [6, 6.07) is 20.1. The first kappa shape index (κ1) is 15.9. The van der Waals surface area contributed by atoms with Crippen molar-refractivity contribution in [1.29, 1.82) is 0 Å². The molecule has 0 unspecified atom stereocenters. The molecule has 0 saturated carbocycles. The highest BCUT2D eigenvalue weighted by Crippen LogP contribution is 2.20. The van der Waals surface area contributed by atoms with Crippen LogP contribution in [0.3, 0.4) is 0 Å². The second-order valence-electron chi connectivity index (χ2n) is 6.49. The summed E-state index contributed by atoms with van der Waals surface area (Å²) in [4.78, 5) is 17.2. The van der Waals surface area contributed by atoms with Crippen molar-refractivity contribution in [1.82, 2.24) is 4.90 Å². The van der Waals surface area contributed by atoms with Crippen molar-refractivity contribution in [3.05, 3.63) is 66.4 Å². The van der Waals surface area contributed by atoms with E-state index >= 15 is 0 Å². The minimum absolute atomic E-state index is 0.0849. The lowest BCUT2D eigenvalue weighted by molar-refractivity contribution is 0.0937. The molecule has 1 saturated heterocycles. The molecule has 0 bridgehead atoms. The van der Waals surface area contributed by atoms with Crippen molar-refractivity contribution in [3.63, 3.8) is 0 Å². The van der Waals surface area contributed by atoms with Gasteiger partial charge in [0.1, 0.15) is 5.58 Å². The van der Waals surface area contributed by atoms with Crippen LogP contribution in [0, 0.1) is 0 Å². The third kappa shape index (κ3) is 3.59. The summed E-state index contributed by atoms with van der Waals surface area (Å²) in [7, 11) is 0. The van der Waals surface area contributed by atoms with Gasteiger partial charge in [-0.25, -0.2) is 0 Å². The minimum Gasteiger partial charge on any atom is -0.453 e. The molecule has 1 aromatic heterocycles. The molecule has 0 spiro atoms. The van der Waals surface area contributed by atoms with Gasteiger partial charge in [-0.05, 0) is 24.3 Å². The number of hydrogen-bond acceptors (Lipinski definition) is 4. The van der Waals surface area contributed by atoms with E-state index in [4.69, 9.17) is 4.42 Å². The molecule has 0 atom stereocenters. The van der Waals surface area contributed by atoms with E-state index in [1.807, 2.05) is 36.4 Å². The summed E-state index contributed by atoms with van der Waals surface area (Å²) < 4.78 is 5.67. The van der Waals surface area contributed by atoms with E-state index in [0.717, 1.165) is 43.7 Å². The summed E-state index contributed by atoms with van der Waals surface area (Å²) in [6.07, 6.45) is 0.505. The Kier molecular flexibility index (Phi) is 4.53. The number of carbonyl (C=O) groups is 1. The quantitative estimate of drug-likeness (QED) is 0.665. The Morgan fingerprint density at radius 1 is 0.920 bits per heavy atom. The number of para-hydroxylation sites is 2. The fraction of sp³-hybridized carbons (Fsp3) is 0.286. The second-order valence-corrected chi connectivity index (χ2v) is 6.49.